The fraction of sp³-hybridized carbons (Fsp3) is 0.733. The van der Waals surface area contributed by atoms with Crippen LogP contribution in [0.2, 0.25) is 0 Å². The standard InChI is InChI=1S/C15H24N4O2/c1-11-12(14(21)17-16-11)9-13(20)19-7-4-15(5-8-19)3-6-18(2)10-15/h3-10H2,1-2H3,(H2,16,17,21). The third-order valence-corrected chi connectivity index (χ3v) is 5.22. The molecule has 3 rings (SSSR count). The number of H-pyrrole nitrogens is 2. The van der Waals surface area contributed by atoms with Crippen LogP contribution in [0, 0.1) is 12.3 Å². The molecular weight excluding hydrogens is 268 g/mol. The van der Waals surface area contributed by atoms with Gasteiger partial charge in [-0.3, -0.25) is 14.7 Å². The van der Waals surface area contributed by atoms with E-state index >= 15 is 0 Å². The van der Waals surface area contributed by atoms with E-state index in [9.17, 15) is 9.59 Å². The van der Waals surface area contributed by atoms with Gasteiger partial charge in [-0.25, -0.2) is 0 Å². The molecule has 1 amide bonds. The molecule has 1 spiro atoms. The molecule has 2 aliphatic rings. The first-order valence-electron chi connectivity index (χ1n) is 7.72. The van der Waals surface area contributed by atoms with Gasteiger partial charge >= 0.3 is 0 Å². The van der Waals surface area contributed by atoms with Gasteiger partial charge in [0.25, 0.3) is 5.56 Å². The summed E-state index contributed by atoms with van der Waals surface area (Å²) in [6.07, 6.45) is 3.64. The van der Waals surface area contributed by atoms with Gasteiger partial charge in [0, 0.05) is 30.9 Å². The Morgan fingerprint density at radius 3 is 2.38 bits per heavy atom. The highest BCUT2D eigenvalue weighted by Gasteiger charge is 2.40. The smallest absolute Gasteiger partial charge is 0.267 e. The van der Waals surface area contributed by atoms with Crippen molar-refractivity contribution in [3.8, 4) is 0 Å². The van der Waals surface area contributed by atoms with Crippen LogP contribution in [-0.2, 0) is 11.2 Å². The number of aromatic amines is 2. The van der Waals surface area contributed by atoms with Crippen LogP contribution in [0.3, 0.4) is 0 Å². The minimum atomic E-state index is -0.174. The molecule has 1 aromatic heterocycles. The summed E-state index contributed by atoms with van der Waals surface area (Å²) in [7, 11) is 2.17. The summed E-state index contributed by atoms with van der Waals surface area (Å²) in [6.45, 7) is 5.81. The van der Waals surface area contributed by atoms with E-state index in [0.29, 0.717) is 11.0 Å². The maximum atomic E-state index is 12.4. The maximum Gasteiger partial charge on any atom is 0.267 e. The molecule has 1 aromatic rings. The van der Waals surface area contributed by atoms with Crippen LogP contribution in [-0.4, -0.2) is 59.1 Å². The molecule has 6 heteroatoms. The van der Waals surface area contributed by atoms with Gasteiger partial charge in [-0.15, -0.1) is 0 Å². The third-order valence-electron chi connectivity index (χ3n) is 5.22. The first-order chi connectivity index (χ1) is 9.99. The Labute approximate surface area is 124 Å². The van der Waals surface area contributed by atoms with Crippen LogP contribution >= 0.6 is 0 Å². The fourth-order valence-electron chi connectivity index (χ4n) is 3.74. The maximum absolute atomic E-state index is 12.4. The van der Waals surface area contributed by atoms with Crippen molar-refractivity contribution in [2.24, 2.45) is 5.41 Å². The number of likely N-dealkylation sites (tertiary alicyclic amines) is 2. The zero-order chi connectivity index (χ0) is 15.0. The number of aromatic nitrogens is 2. The topological polar surface area (TPSA) is 72.2 Å². The van der Waals surface area contributed by atoms with Crippen LogP contribution in [0.4, 0.5) is 0 Å². The lowest BCUT2D eigenvalue weighted by molar-refractivity contribution is -0.132. The van der Waals surface area contributed by atoms with E-state index in [1.165, 1.54) is 13.0 Å². The fourth-order valence-corrected chi connectivity index (χ4v) is 3.74. The summed E-state index contributed by atoms with van der Waals surface area (Å²) in [5.74, 6) is 0.0735. The van der Waals surface area contributed by atoms with E-state index in [4.69, 9.17) is 0 Å². The average molecular weight is 292 g/mol. The number of piperidine rings is 1. The molecule has 2 saturated heterocycles. The number of amides is 1. The van der Waals surface area contributed by atoms with Crippen molar-refractivity contribution in [2.45, 2.75) is 32.6 Å². The van der Waals surface area contributed by atoms with Crippen LogP contribution in [0.1, 0.15) is 30.5 Å². The van der Waals surface area contributed by atoms with Gasteiger partial charge in [0.15, 0.2) is 0 Å². The highest BCUT2D eigenvalue weighted by molar-refractivity contribution is 5.79. The van der Waals surface area contributed by atoms with Crippen molar-refractivity contribution in [3.63, 3.8) is 0 Å². The monoisotopic (exact) mass is 292 g/mol. The number of carbonyl (C=O) groups is 1. The van der Waals surface area contributed by atoms with Crippen molar-refractivity contribution >= 4 is 5.91 Å². The van der Waals surface area contributed by atoms with Gasteiger partial charge in [-0.2, -0.15) is 0 Å². The van der Waals surface area contributed by atoms with E-state index in [1.54, 1.807) is 0 Å². The molecule has 2 N–H and O–H groups in total. The summed E-state index contributed by atoms with van der Waals surface area (Å²) in [5, 5.41) is 5.31. The number of nitrogens with zero attached hydrogens (tertiary/aromatic N) is 2. The summed E-state index contributed by atoms with van der Waals surface area (Å²) in [4.78, 5) is 28.3. The quantitative estimate of drug-likeness (QED) is 0.833. The first-order valence-corrected chi connectivity index (χ1v) is 7.72. The molecule has 0 unspecified atom stereocenters. The highest BCUT2D eigenvalue weighted by Crippen LogP contribution is 2.39. The second kappa shape index (κ2) is 5.33. The Bertz CT molecular complexity index is 581. The van der Waals surface area contributed by atoms with Gasteiger partial charge in [0.1, 0.15) is 0 Å². The second-order valence-corrected chi connectivity index (χ2v) is 6.73. The molecule has 2 aliphatic heterocycles. The zero-order valence-electron chi connectivity index (χ0n) is 12.9. The molecule has 0 radical (unpaired) electrons. The SMILES string of the molecule is Cc1[nH][nH]c(=O)c1CC(=O)N1CCC2(CCN(C)C2)CC1. The number of rotatable bonds is 2. The second-order valence-electron chi connectivity index (χ2n) is 6.73. The van der Waals surface area contributed by atoms with Gasteiger partial charge in [-0.05, 0) is 45.2 Å². The Morgan fingerprint density at radius 1 is 1.19 bits per heavy atom. The molecule has 0 saturated carbocycles. The summed E-state index contributed by atoms with van der Waals surface area (Å²) < 4.78 is 0. The van der Waals surface area contributed by atoms with Crippen LogP contribution in [0.5, 0.6) is 0 Å². The molecule has 0 bridgehead atoms. The minimum Gasteiger partial charge on any atom is -0.342 e. The molecule has 0 atom stereocenters. The molecule has 0 aromatic carbocycles. The Balaban J connectivity index is 1.59. The number of carbonyl (C=O) groups excluding carboxylic acids is 1. The van der Waals surface area contributed by atoms with Crippen molar-refractivity contribution in [1.82, 2.24) is 20.0 Å². The van der Waals surface area contributed by atoms with Crippen LogP contribution in [0.15, 0.2) is 4.79 Å². The van der Waals surface area contributed by atoms with Gasteiger partial charge in [0.2, 0.25) is 5.91 Å². The van der Waals surface area contributed by atoms with Gasteiger partial charge < -0.3 is 14.9 Å². The molecule has 21 heavy (non-hydrogen) atoms. The largest absolute Gasteiger partial charge is 0.342 e. The number of nitrogens with one attached hydrogen (secondary N) is 2. The lowest BCUT2D eigenvalue weighted by Crippen LogP contribution is -2.44. The third kappa shape index (κ3) is 2.77. The molecule has 2 fully saturated rings. The summed E-state index contributed by atoms with van der Waals surface area (Å²) in [6, 6.07) is 0. The zero-order valence-corrected chi connectivity index (χ0v) is 12.9. The summed E-state index contributed by atoms with van der Waals surface area (Å²) >= 11 is 0. The molecular formula is C15H24N4O2. The highest BCUT2D eigenvalue weighted by atomic mass is 16.2. The van der Waals surface area contributed by atoms with Crippen molar-refractivity contribution in [1.29, 1.82) is 0 Å². The average Bonchev–Trinajstić information content (AvgIpc) is 2.97. The number of hydrogen-bond acceptors (Lipinski definition) is 3. The molecule has 6 nitrogen and oxygen atoms in total. The Kier molecular flexibility index (Phi) is 3.65. The predicted molar refractivity (Wildman–Crippen MR) is 80.2 cm³/mol. The molecule has 0 aliphatic carbocycles. The predicted octanol–water partition coefficient (Wildman–Crippen LogP) is 0.498. The van der Waals surface area contributed by atoms with Gasteiger partial charge in [0.05, 0.1) is 6.42 Å². The van der Waals surface area contributed by atoms with Gasteiger partial charge in [-0.1, -0.05) is 0 Å². The minimum absolute atomic E-state index is 0.0735. The first kappa shape index (κ1) is 14.4. The van der Waals surface area contributed by atoms with E-state index in [0.717, 1.165) is 38.2 Å². The lowest BCUT2D eigenvalue weighted by atomic mass is 9.77. The lowest BCUT2D eigenvalue weighted by Gasteiger charge is -2.39. The van der Waals surface area contributed by atoms with E-state index in [-0.39, 0.29) is 17.9 Å². The van der Waals surface area contributed by atoms with Crippen LogP contribution < -0.4 is 5.56 Å². The summed E-state index contributed by atoms with van der Waals surface area (Å²) in [5.41, 5.74) is 1.58. The Morgan fingerprint density at radius 2 is 1.86 bits per heavy atom. The number of aryl methyl sites for hydroxylation is 1. The van der Waals surface area contributed by atoms with E-state index in [1.807, 2.05) is 11.8 Å². The normalized spacial score (nSPS) is 22.1. The van der Waals surface area contributed by atoms with E-state index < -0.39 is 0 Å². The van der Waals surface area contributed by atoms with E-state index in [2.05, 4.69) is 22.1 Å². The number of hydrogen-bond donors (Lipinski definition) is 2. The van der Waals surface area contributed by atoms with Crippen LogP contribution in [0.25, 0.3) is 0 Å². The van der Waals surface area contributed by atoms with Crippen molar-refractivity contribution in [3.05, 3.63) is 21.6 Å². The Hall–Kier alpha value is -1.56. The molecule has 116 valence electrons. The van der Waals surface area contributed by atoms with Crippen molar-refractivity contribution < 1.29 is 4.79 Å². The van der Waals surface area contributed by atoms with Crippen molar-refractivity contribution in [2.75, 3.05) is 33.2 Å². The molecule has 3 heterocycles.